The highest BCUT2D eigenvalue weighted by Crippen LogP contribution is 2.32. The van der Waals surface area contributed by atoms with Crippen LogP contribution in [-0.4, -0.2) is 28.4 Å². The summed E-state index contributed by atoms with van der Waals surface area (Å²) < 4.78 is 0. The monoisotopic (exact) mass is 297 g/mol. The van der Waals surface area contributed by atoms with Crippen molar-refractivity contribution in [3.05, 3.63) is 41.5 Å². The molecule has 2 aromatic carbocycles. The summed E-state index contributed by atoms with van der Waals surface area (Å²) in [6, 6.07) is 9.34. The largest absolute Gasteiger partial charge is 0.507 e. The molecule has 0 unspecified atom stereocenters. The maximum absolute atomic E-state index is 12.4. The van der Waals surface area contributed by atoms with Crippen LogP contribution >= 0.6 is 0 Å². The highest BCUT2D eigenvalue weighted by atomic mass is 16.3. The number of imide groups is 1. The van der Waals surface area contributed by atoms with Gasteiger partial charge in [0.1, 0.15) is 5.75 Å². The molecule has 4 nitrogen and oxygen atoms in total. The fourth-order valence-electron chi connectivity index (χ4n) is 3.23. The first-order chi connectivity index (χ1) is 10.6. The minimum atomic E-state index is -0.190. The van der Waals surface area contributed by atoms with E-state index in [1.165, 1.54) is 4.90 Å². The molecule has 1 aliphatic rings. The van der Waals surface area contributed by atoms with E-state index < -0.39 is 0 Å². The van der Waals surface area contributed by atoms with E-state index >= 15 is 0 Å². The number of hydrogen-bond acceptors (Lipinski definition) is 3. The van der Waals surface area contributed by atoms with Crippen molar-refractivity contribution in [2.45, 2.75) is 32.6 Å². The van der Waals surface area contributed by atoms with Crippen LogP contribution in [-0.2, 0) is 22.4 Å². The number of phenols is 1. The molecule has 114 valence electrons. The van der Waals surface area contributed by atoms with Gasteiger partial charge in [-0.3, -0.25) is 14.5 Å². The van der Waals surface area contributed by atoms with Gasteiger partial charge in [-0.1, -0.05) is 24.3 Å². The summed E-state index contributed by atoms with van der Waals surface area (Å²) in [6.45, 7) is 2.21. The molecule has 0 saturated heterocycles. The number of aryl methyl sites for hydroxylation is 1. The van der Waals surface area contributed by atoms with Crippen molar-refractivity contribution in [2.75, 3.05) is 6.54 Å². The number of hydrogen-bond donors (Lipinski definition) is 1. The fourth-order valence-corrected chi connectivity index (χ4v) is 3.23. The van der Waals surface area contributed by atoms with Gasteiger partial charge < -0.3 is 5.11 Å². The maximum atomic E-state index is 12.4. The number of benzene rings is 2. The van der Waals surface area contributed by atoms with Gasteiger partial charge in [0.05, 0.1) is 6.42 Å². The topological polar surface area (TPSA) is 57.6 Å². The van der Waals surface area contributed by atoms with E-state index in [1.807, 2.05) is 31.2 Å². The zero-order valence-electron chi connectivity index (χ0n) is 12.6. The van der Waals surface area contributed by atoms with Gasteiger partial charge in [-0.25, -0.2) is 0 Å². The third-order valence-electron chi connectivity index (χ3n) is 4.30. The van der Waals surface area contributed by atoms with Gasteiger partial charge in [0.2, 0.25) is 11.8 Å². The summed E-state index contributed by atoms with van der Waals surface area (Å²) in [4.78, 5) is 25.8. The predicted molar refractivity (Wildman–Crippen MR) is 84.6 cm³/mol. The number of likely N-dealkylation sites (N-methyl/N-ethyl adjacent to an activating group) is 1. The van der Waals surface area contributed by atoms with E-state index in [-0.39, 0.29) is 24.0 Å². The van der Waals surface area contributed by atoms with Crippen molar-refractivity contribution in [1.29, 1.82) is 0 Å². The fraction of sp³-hybridized carbons (Fsp3) is 0.333. The molecule has 1 heterocycles. The van der Waals surface area contributed by atoms with Crippen LogP contribution in [0, 0.1) is 0 Å². The Labute approximate surface area is 129 Å². The first kappa shape index (κ1) is 14.6. The lowest BCUT2D eigenvalue weighted by Crippen LogP contribution is -2.37. The number of fused-ring (bicyclic) bond motifs is 3. The molecule has 0 saturated carbocycles. The van der Waals surface area contributed by atoms with Crippen LogP contribution in [0.5, 0.6) is 5.75 Å². The molecule has 0 aromatic heterocycles. The summed E-state index contributed by atoms with van der Waals surface area (Å²) in [7, 11) is 0. The van der Waals surface area contributed by atoms with E-state index in [4.69, 9.17) is 0 Å². The van der Waals surface area contributed by atoms with Crippen molar-refractivity contribution in [2.24, 2.45) is 0 Å². The number of aromatic hydroxyl groups is 1. The Morgan fingerprint density at radius 1 is 1.09 bits per heavy atom. The highest BCUT2D eigenvalue weighted by Gasteiger charge is 2.24. The van der Waals surface area contributed by atoms with Crippen molar-refractivity contribution >= 4 is 22.6 Å². The molecule has 2 aromatic rings. The van der Waals surface area contributed by atoms with Crippen LogP contribution in [0.15, 0.2) is 30.3 Å². The number of nitrogens with zero attached hydrogens (tertiary/aromatic N) is 1. The van der Waals surface area contributed by atoms with Gasteiger partial charge in [0.15, 0.2) is 0 Å². The number of amides is 2. The normalized spacial score (nSPS) is 16.1. The van der Waals surface area contributed by atoms with Crippen molar-refractivity contribution in [3.63, 3.8) is 0 Å². The van der Waals surface area contributed by atoms with Gasteiger partial charge in [-0.05, 0) is 42.3 Å². The maximum Gasteiger partial charge on any atom is 0.233 e. The third-order valence-corrected chi connectivity index (χ3v) is 4.30. The smallest absolute Gasteiger partial charge is 0.233 e. The summed E-state index contributed by atoms with van der Waals surface area (Å²) in [6.07, 6.45) is 2.00. The van der Waals surface area contributed by atoms with Crippen LogP contribution < -0.4 is 0 Å². The van der Waals surface area contributed by atoms with Crippen LogP contribution in [0.3, 0.4) is 0 Å². The SMILES string of the molecule is CCN1C(=O)CCCc2c(cc(O)c3ccccc23)CC1=O. The molecule has 1 N–H and O–H groups in total. The molecule has 3 rings (SSSR count). The Balaban J connectivity index is 2.15. The molecule has 1 aliphatic heterocycles. The van der Waals surface area contributed by atoms with E-state index in [0.29, 0.717) is 19.4 Å². The van der Waals surface area contributed by atoms with E-state index in [0.717, 1.165) is 28.3 Å². The standard InChI is InChI=1S/C18H19NO3/c1-2-19-17(21)9-5-8-13-12(11-18(19)22)10-16(20)15-7-4-3-6-14(13)15/h3-4,6-7,10,20H,2,5,8-9,11H2,1H3. The lowest BCUT2D eigenvalue weighted by molar-refractivity contribution is -0.144. The number of carbonyl (C=O) groups is 2. The van der Waals surface area contributed by atoms with E-state index in [1.54, 1.807) is 6.07 Å². The van der Waals surface area contributed by atoms with Gasteiger partial charge in [0, 0.05) is 18.4 Å². The third kappa shape index (κ3) is 2.45. The summed E-state index contributed by atoms with van der Waals surface area (Å²) >= 11 is 0. The Kier molecular flexibility index (Phi) is 3.84. The number of phenolic OH excluding ortho intramolecular Hbond substituents is 1. The average molecular weight is 297 g/mol. The number of carbonyl (C=O) groups excluding carboxylic acids is 2. The van der Waals surface area contributed by atoms with Crippen LogP contribution in [0.4, 0.5) is 0 Å². The van der Waals surface area contributed by atoms with Gasteiger partial charge in [-0.2, -0.15) is 0 Å². The molecular formula is C18H19NO3. The first-order valence-electron chi connectivity index (χ1n) is 7.67. The Morgan fingerprint density at radius 2 is 1.82 bits per heavy atom. The van der Waals surface area contributed by atoms with Crippen LogP contribution in [0.2, 0.25) is 0 Å². The summed E-state index contributed by atoms with van der Waals surface area (Å²) in [5, 5.41) is 12.0. The number of rotatable bonds is 1. The molecule has 0 spiro atoms. The molecule has 2 amide bonds. The summed E-state index contributed by atoms with van der Waals surface area (Å²) in [5.74, 6) is -0.102. The van der Waals surface area contributed by atoms with Gasteiger partial charge in [-0.15, -0.1) is 0 Å². The second-order valence-electron chi connectivity index (χ2n) is 5.64. The molecule has 0 fully saturated rings. The summed E-state index contributed by atoms with van der Waals surface area (Å²) in [5.41, 5.74) is 1.90. The molecule has 0 atom stereocenters. The molecular weight excluding hydrogens is 278 g/mol. The molecule has 0 radical (unpaired) electrons. The van der Waals surface area contributed by atoms with Crippen molar-refractivity contribution in [1.82, 2.24) is 4.90 Å². The average Bonchev–Trinajstić information content (AvgIpc) is 2.55. The minimum absolute atomic E-state index is 0.103. The lowest BCUT2D eigenvalue weighted by atomic mass is 9.93. The molecule has 0 aliphatic carbocycles. The Hall–Kier alpha value is -2.36. The zero-order chi connectivity index (χ0) is 15.7. The van der Waals surface area contributed by atoms with Crippen LogP contribution in [0.1, 0.15) is 30.9 Å². The van der Waals surface area contributed by atoms with Crippen LogP contribution in [0.25, 0.3) is 10.8 Å². The second kappa shape index (κ2) is 5.79. The zero-order valence-corrected chi connectivity index (χ0v) is 12.6. The highest BCUT2D eigenvalue weighted by molar-refractivity contribution is 5.98. The Bertz CT molecular complexity index is 751. The molecule has 22 heavy (non-hydrogen) atoms. The van der Waals surface area contributed by atoms with Gasteiger partial charge in [0.25, 0.3) is 0 Å². The van der Waals surface area contributed by atoms with Gasteiger partial charge >= 0.3 is 0 Å². The Morgan fingerprint density at radius 3 is 2.55 bits per heavy atom. The molecule has 0 bridgehead atoms. The quantitative estimate of drug-likeness (QED) is 0.823. The predicted octanol–water partition coefficient (Wildman–Crippen LogP) is 2.80. The lowest BCUT2D eigenvalue weighted by Gasteiger charge is -2.18. The van der Waals surface area contributed by atoms with Crippen molar-refractivity contribution < 1.29 is 14.7 Å². The van der Waals surface area contributed by atoms with E-state index in [2.05, 4.69) is 0 Å². The van der Waals surface area contributed by atoms with E-state index in [9.17, 15) is 14.7 Å². The second-order valence-corrected chi connectivity index (χ2v) is 5.64. The minimum Gasteiger partial charge on any atom is -0.507 e. The molecule has 4 heteroatoms. The first-order valence-corrected chi connectivity index (χ1v) is 7.67. The van der Waals surface area contributed by atoms with Crippen molar-refractivity contribution in [3.8, 4) is 5.75 Å².